The van der Waals surface area contributed by atoms with Crippen molar-refractivity contribution in [2.24, 2.45) is 10.9 Å². The molecule has 1 heterocycles. The van der Waals surface area contributed by atoms with E-state index in [4.69, 9.17) is 10.9 Å². The van der Waals surface area contributed by atoms with Gasteiger partial charge in [0.2, 0.25) is 0 Å². The lowest BCUT2D eigenvalue weighted by atomic mass is 10.2. The molecule has 0 aliphatic heterocycles. The highest BCUT2D eigenvalue weighted by Gasteiger charge is 2.23. The zero-order valence-corrected chi connectivity index (χ0v) is 10.7. The molecule has 0 aromatic carbocycles. The number of nitrogens with zero attached hydrogens (tertiary/aromatic N) is 4. The van der Waals surface area contributed by atoms with Crippen LogP contribution in [0.2, 0.25) is 0 Å². The van der Waals surface area contributed by atoms with Crippen molar-refractivity contribution in [1.29, 1.82) is 0 Å². The molecule has 1 aromatic heterocycles. The van der Waals surface area contributed by atoms with Gasteiger partial charge in [-0.15, -0.1) is 5.10 Å². The predicted molar refractivity (Wildman–Crippen MR) is 64.2 cm³/mol. The molecule has 7 nitrogen and oxygen atoms in total. The number of carbonyl (C=O) groups is 1. The maximum Gasteiger partial charge on any atom is 0.268 e. The minimum atomic E-state index is -0.209. The standard InChI is InChI=1S/C9H15N5O2S/c1-5(2)14(4-7(10)12-16)9(15)8-6(3)11-13-17-8/h5,16H,4H2,1-3H3,(H2,10,12). The van der Waals surface area contributed by atoms with E-state index in [9.17, 15) is 4.79 Å². The van der Waals surface area contributed by atoms with Crippen LogP contribution in [-0.2, 0) is 0 Å². The zero-order valence-electron chi connectivity index (χ0n) is 9.91. The number of nitrogens with two attached hydrogens (primary N) is 1. The van der Waals surface area contributed by atoms with Crippen molar-refractivity contribution in [3.05, 3.63) is 10.6 Å². The summed E-state index contributed by atoms with van der Waals surface area (Å²) in [6.45, 7) is 5.50. The second kappa shape index (κ2) is 5.58. The lowest BCUT2D eigenvalue weighted by molar-refractivity contribution is 0.0738. The quantitative estimate of drug-likeness (QED) is 0.352. The molecule has 0 unspecified atom stereocenters. The third kappa shape index (κ3) is 3.13. The highest BCUT2D eigenvalue weighted by Crippen LogP contribution is 2.14. The van der Waals surface area contributed by atoms with Gasteiger partial charge in [-0.2, -0.15) is 0 Å². The van der Waals surface area contributed by atoms with E-state index in [1.807, 2.05) is 13.8 Å². The van der Waals surface area contributed by atoms with E-state index in [0.717, 1.165) is 11.5 Å². The van der Waals surface area contributed by atoms with E-state index in [-0.39, 0.29) is 24.3 Å². The van der Waals surface area contributed by atoms with Gasteiger partial charge in [-0.3, -0.25) is 4.79 Å². The Hall–Kier alpha value is -1.70. The summed E-state index contributed by atoms with van der Waals surface area (Å²) < 4.78 is 3.72. The van der Waals surface area contributed by atoms with E-state index < -0.39 is 0 Å². The number of amides is 1. The fraction of sp³-hybridized carbons (Fsp3) is 0.556. The van der Waals surface area contributed by atoms with Gasteiger partial charge in [0, 0.05) is 6.04 Å². The van der Waals surface area contributed by atoms with Crippen molar-refractivity contribution in [2.75, 3.05) is 6.54 Å². The summed E-state index contributed by atoms with van der Waals surface area (Å²) in [7, 11) is 0. The van der Waals surface area contributed by atoms with Crippen LogP contribution in [0.4, 0.5) is 0 Å². The molecule has 3 N–H and O–H groups in total. The van der Waals surface area contributed by atoms with E-state index in [1.54, 1.807) is 6.92 Å². The van der Waals surface area contributed by atoms with Gasteiger partial charge in [0.1, 0.15) is 4.88 Å². The number of hydrogen-bond acceptors (Lipinski definition) is 6. The van der Waals surface area contributed by atoms with Crippen LogP contribution in [0.3, 0.4) is 0 Å². The highest BCUT2D eigenvalue weighted by atomic mass is 32.1. The molecule has 0 aliphatic carbocycles. The Morgan fingerprint density at radius 3 is 2.71 bits per heavy atom. The van der Waals surface area contributed by atoms with E-state index in [1.165, 1.54) is 4.90 Å². The van der Waals surface area contributed by atoms with Gasteiger partial charge in [0.25, 0.3) is 5.91 Å². The van der Waals surface area contributed by atoms with E-state index >= 15 is 0 Å². The summed E-state index contributed by atoms with van der Waals surface area (Å²) in [5.41, 5.74) is 6.01. The Balaban J connectivity index is 2.93. The second-order valence-electron chi connectivity index (χ2n) is 3.81. The Kier molecular flexibility index (Phi) is 4.38. The molecule has 0 atom stereocenters. The van der Waals surface area contributed by atoms with Gasteiger partial charge in [-0.25, -0.2) is 0 Å². The van der Waals surface area contributed by atoms with Crippen LogP contribution in [-0.4, -0.2) is 44.0 Å². The number of hydrogen-bond donors (Lipinski definition) is 2. The molecule has 1 aromatic rings. The Morgan fingerprint density at radius 2 is 2.29 bits per heavy atom. The minimum absolute atomic E-state index is 0.0119. The fourth-order valence-corrected chi connectivity index (χ4v) is 1.87. The first-order valence-corrected chi connectivity index (χ1v) is 5.81. The number of carbonyl (C=O) groups excluding carboxylic acids is 1. The van der Waals surface area contributed by atoms with Gasteiger partial charge in [-0.1, -0.05) is 9.64 Å². The molecule has 0 saturated carbocycles. The monoisotopic (exact) mass is 257 g/mol. The van der Waals surface area contributed by atoms with Gasteiger partial charge in [0.05, 0.1) is 12.2 Å². The number of amidine groups is 1. The molecular formula is C9H15N5O2S. The molecule has 8 heteroatoms. The molecule has 0 saturated heterocycles. The van der Waals surface area contributed by atoms with Crippen molar-refractivity contribution < 1.29 is 10.0 Å². The van der Waals surface area contributed by atoms with Crippen molar-refractivity contribution in [2.45, 2.75) is 26.8 Å². The van der Waals surface area contributed by atoms with Crippen LogP contribution < -0.4 is 5.73 Å². The minimum Gasteiger partial charge on any atom is -0.409 e. The normalized spacial score (nSPS) is 11.9. The molecule has 17 heavy (non-hydrogen) atoms. The van der Waals surface area contributed by atoms with E-state index in [2.05, 4.69) is 14.7 Å². The van der Waals surface area contributed by atoms with Gasteiger partial charge in [0.15, 0.2) is 5.84 Å². The maximum absolute atomic E-state index is 12.2. The Bertz CT molecular complexity index is 429. The molecule has 0 aliphatic rings. The molecular weight excluding hydrogens is 242 g/mol. The average molecular weight is 257 g/mol. The molecule has 0 fully saturated rings. The van der Waals surface area contributed by atoms with Gasteiger partial charge in [-0.05, 0) is 32.3 Å². The fourth-order valence-electron chi connectivity index (χ4n) is 1.25. The lowest BCUT2D eigenvalue weighted by Gasteiger charge is -2.25. The smallest absolute Gasteiger partial charge is 0.268 e. The third-order valence-electron chi connectivity index (χ3n) is 2.19. The molecule has 0 spiro atoms. The number of oxime groups is 1. The first kappa shape index (κ1) is 13.4. The predicted octanol–water partition coefficient (Wildman–Crippen LogP) is 0.444. The van der Waals surface area contributed by atoms with Crippen molar-refractivity contribution >= 4 is 23.3 Å². The second-order valence-corrected chi connectivity index (χ2v) is 4.56. The summed E-state index contributed by atoms with van der Waals surface area (Å²) in [5.74, 6) is -0.221. The molecule has 0 radical (unpaired) electrons. The van der Waals surface area contributed by atoms with Crippen LogP contribution in [0.5, 0.6) is 0 Å². The number of rotatable bonds is 4. The van der Waals surface area contributed by atoms with Crippen molar-refractivity contribution in [3.8, 4) is 0 Å². The first-order chi connectivity index (χ1) is 7.97. The van der Waals surface area contributed by atoms with Crippen LogP contribution in [0.1, 0.15) is 29.2 Å². The molecule has 0 bridgehead atoms. The summed E-state index contributed by atoms with van der Waals surface area (Å²) >= 11 is 1.04. The van der Waals surface area contributed by atoms with Crippen LogP contribution in [0.15, 0.2) is 5.16 Å². The Labute approximate surface area is 103 Å². The van der Waals surface area contributed by atoms with Crippen molar-refractivity contribution in [1.82, 2.24) is 14.5 Å². The van der Waals surface area contributed by atoms with Gasteiger partial charge >= 0.3 is 0 Å². The zero-order chi connectivity index (χ0) is 13.0. The van der Waals surface area contributed by atoms with Crippen LogP contribution >= 0.6 is 11.5 Å². The maximum atomic E-state index is 12.2. The SMILES string of the molecule is Cc1nnsc1C(=O)N(CC(N)=NO)C(C)C. The molecule has 94 valence electrons. The average Bonchev–Trinajstić information content (AvgIpc) is 2.70. The Morgan fingerprint density at radius 1 is 1.65 bits per heavy atom. The summed E-state index contributed by atoms with van der Waals surface area (Å²) in [6.07, 6.45) is 0. The third-order valence-corrected chi connectivity index (χ3v) is 3.01. The summed E-state index contributed by atoms with van der Waals surface area (Å²) in [5, 5.41) is 15.2. The molecule has 1 rings (SSSR count). The summed E-state index contributed by atoms with van der Waals surface area (Å²) in [4.78, 5) is 14.2. The largest absolute Gasteiger partial charge is 0.409 e. The number of aryl methyl sites for hydroxylation is 1. The molecule has 1 amide bonds. The first-order valence-electron chi connectivity index (χ1n) is 5.03. The van der Waals surface area contributed by atoms with Crippen LogP contribution in [0.25, 0.3) is 0 Å². The highest BCUT2D eigenvalue weighted by molar-refractivity contribution is 7.07. The van der Waals surface area contributed by atoms with Gasteiger partial charge < -0.3 is 15.8 Å². The lowest BCUT2D eigenvalue weighted by Crippen LogP contribution is -2.42. The van der Waals surface area contributed by atoms with Crippen LogP contribution in [0, 0.1) is 6.92 Å². The van der Waals surface area contributed by atoms with E-state index in [0.29, 0.717) is 10.6 Å². The van der Waals surface area contributed by atoms with Crippen molar-refractivity contribution in [3.63, 3.8) is 0 Å². The topological polar surface area (TPSA) is 105 Å². The summed E-state index contributed by atoms with van der Waals surface area (Å²) in [6, 6.07) is -0.0655. The number of aromatic nitrogens is 2.